The lowest BCUT2D eigenvalue weighted by Gasteiger charge is -2.07. The van der Waals surface area contributed by atoms with E-state index in [0.29, 0.717) is 5.52 Å². The third-order valence-corrected chi connectivity index (χ3v) is 3.98. The van der Waals surface area contributed by atoms with Crippen LogP contribution in [-0.4, -0.2) is 10.7 Å². The van der Waals surface area contributed by atoms with E-state index in [1.54, 1.807) is 6.07 Å². The Bertz CT molecular complexity index is 551. The van der Waals surface area contributed by atoms with Crippen molar-refractivity contribution in [3.63, 3.8) is 0 Å². The predicted molar refractivity (Wildman–Crippen MR) is 60.9 cm³/mol. The van der Waals surface area contributed by atoms with Crippen LogP contribution in [-0.2, 0) is 6.42 Å². The third kappa shape index (κ3) is 1.26. The smallest absolute Gasteiger partial charge is 0.149 e. The van der Waals surface area contributed by atoms with Crippen molar-refractivity contribution in [1.82, 2.24) is 4.98 Å². The number of thioether (sulfide) groups is 1. The molecule has 76 valence electrons. The second kappa shape index (κ2) is 3.20. The van der Waals surface area contributed by atoms with Crippen molar-refractivity contribution in [1.29, 1.82) is 0 Å². The number of hydrogen-bond acceptors (Lipinski definition) is 2. The highest BCUT2D eigenvalue weighted by atomic mass is 32.2. The van der Waals surface area contributed by atoms with Crippen molar-refractivity contribution in [3.8, 4) is 0 Å². The lowest BCUT2D eigenvalue weighted by atomic mass is 10.1. The molecule has 0 aliphatic carbocycles. The molecule has 1 aliphatic rings. The van der Waals surface area contributed by atoms with Crippen LogP contribution in [0.4, 0.5) is 4.39 Å². The molecule has 15 heavy (non-hydrogen) atoms. The molecule has 0 radical (unpaired) electrons. The molecule has 0 atom stereocenters. The van der Waals surface area contributed by atoms with E-state index in [-0.39, 0.29) is 5.82 Å². The summed E-state index contributed by atoms with van der Waals surface area (Å²) in [5, 5.41) is 0.970. The standard InChI is InChI=1S/C12H10FNS/c1-7-8-5-6-15-12(8)9-3-2-4-10(13)11(9)14-7/h2-4H,5-6H2,1H3. The van der Waals surface area contributed by atoms with Crippen molar-refractivity contribution in [2.45, 2.75) is 18.2 Å². The normalized spacial score (nSPS) is 14.5. The third-order valence-electron chi connectivity index (χ3n) is 2.82. The number of benzene rings is 1. The summed E-state index contributed by atoms with van der Waals surface area (Å²) in [4.78, 5) is 5.59. The maximum absolute atomic E-state index is 13.6. The van der Waals surface area contributed by atoms with E-state index in [2.05, 4.69) is 4.98 Å². The molecule has 3 heteroatoms. The van der Waals surface area contributed by atoms with Crippen LogP contribution in [0, 0.1) is 12.7 Å². The Balaban J connectivity index is 2.48. The zero-order chi connectivity index (χ0) is 10.4. The molecule has 2 heterocycles. The number of halogens is 1. The fourth-order valence-electron chi connectivity index (χ4n) is 2.09. The highest BCUT2D eigenvalue weighted by Gasteiger charge is 2.19. The summed E-state index contributed by atoms with van der Waals surface area (Å²) < 4.78 is 13.6. The molecule has 1 nitrogen and oxygen atoms in total. The fraction of sp³-hybridized carbons (Fsp3) is 0.250. The second-order valence-corrected chi connectivity index (χ2v) is 4.84. The highest BCUT2D eigenvalue weighted by Crippen LogP contribution is 2.38. The van der Waals surface area contributed by atoms with Crippen LogP contribution in [0.25, 0.3) is 10.9 Å². The zero-order valence-electron chi connectivity index (χ0n) is 8.38. The number of aryl methyl sites for hydroxylation is 1. The lowest BCUT2D eigenvalue weighted by molar-refractivity contribution is 0.636. The van der Waals surface area contributed by atoms with Crippen LogP contribution >= 0.6 is 11.8 Å². The molecule has 1 aliphatic heterocycles. The van der Waals surface area contributed by atoms with Gasteiger partial charge in [0.1, 0.15) is 11.3 Å². The molecule has 0 saturated carbocycles. The summed E-state index contributed by atoms with van der Waals surface area (Å²) in [5.41, 5.74) is 2.80. The molecule has 0 amide bonds. The van der Waals surface area contributed by atoms with Gasteiger partial charge < -0.3 is 0 Å². The summed E-state index contributed by atoms with van der Waals surface area (Å²) in [7, 11) is 0. The first-order chi connectivity index (χ1) is 7.27. The quantitative estimate of drug-likeness (QED) is 0.674. The number of para-hydroxylation sites is 1. The molecular formula is C12H10FNS. The second-order valence-electron chi connectivity index (χ2n) is 3.74. The Morgan fingerprint density at radius 1 is 1.40 bits per heavy atom. The van der Waals surface area contributed by atoms with Crippen LogP contribution in [0.5, 0.6) is 0 Å². The van der Waals surface area contributed by atoms with Gasteiger partial charge in [-0.15, -0.1) is 11.8 Å². The number of pyridine rings is 1. The average Bonchev–Trinajstić information content (AvgIpc) is 2.69. The van der Waals surface area contributed by atoms with Crippen LogP contribution in [0.2, 0.25) is 0 Å². The largest absolute Gasteiger partial charge is 0.250 e. The number of hydrogen-bond donors (Lipinski definition) is 0. The first-order valence-corrected chi connectivity index (χ1v) is 5.96. The maximum Gasteiger partial charge on any atom is 0.149 e. The average molecular weight is 219 g/mol. The molecule has 1 aromatic heterocycles. The Hall–Kier alpha value is -1.09. The van der Waals surface area contributed by atoms with Crippen LogP contribution in [0.3, 0.4) is 0 Å². The SMILES string of the molecule is Cc1nc2c(F)cccc2c2c1CCS2. The summed E-state index contributed by atoms with van der Waals surface area (Å²) in [6.45, 7) is 1.97. The zero-order valence-corrected chi connectivity index (χ0v) is 9.20. The Morgan fingerprint density at radius 3 is 3.13 bits per heavy atom. The molecule has 0 spiro atoms. The topological polar surface area (TPSA) is 12.9 Å². The highest BCUT2D eigenvalue weighted by molar-refractivity contribution is 7.99. The van der Waals surface area contributed by atoms with Crippen molar-refractivity contribution in [3.05, 3.63) is 35.3 Å². The summed E-state index contributed by atoms with van der Waals surface area (Å²) in [5.74, 6) is 0.874. The Morgan fingerprint density at radius 2 is 2.27 bits per heavy atom. The molecule has 0 N–H and O–H groups in total. The van der Waals surface area contributed by atoms with Crippen LogP contribution < -0.4 is 0 Å². The van der Waals surface area contributed by atoms with Gasteiger partial charge in [-0.2, -0.15) is 0 Å². The number of rotatable bonds is 0. The molecule has 1 aromatic carbocycles. The van der Waals surface area contributed by atoms with Crippen molar-refractivity contribution in [2.75, 3.05) is 5.75 Å². The minimum atomic E-state index is -0.217. The summed E-state index contributed by atoms with van der Waals surface area (Å²) >= 11 is 1.81. The van der Waals surface area contributed by atoms with Crippen molar-refractivity contribution >= 4 is 22.7 Å². The Labute approximate surface area is 91.7 Å². The van der Waals surface area contributed by atoms with Gasteiger partial charge in [-0.1, -0.05) is 12.1 Å². The van der Waals surface area contributed by atoms with Gasteiger partial charge in [-0.3, -0.25) is 0 Å². The van der Waals surface area contributed by atoms with Gasteiger partial charge in [0, 0.05) is 21.7 Å². The van der Waals surface area contributed by atoms with Crippen LogP contribution in [0.1, 0.15) is 11.3 Å². The number of aromatic nitrogens is 1. The van der Waals surface area contributed by atoms with Gasteiger partial charge in [0.05, 0.1) is 0 Å². The molecule has 0 fully saturated rings. The van der Waals surface area contributed by atoms with Gasteiger partial charge in [0.25, 0.3) is 0 Å². The molecule has 3 rings (SSSR count). The van der Waals surface area contributed by atoms with Crippen molar-refractivity contribution < 1.29 is 4.39 Å². The van der Waals surface area contributed by atoms with Gasteiger partial charge in [-0.05, 0) is 25.0 Å². The van der Waals surface area contributed by atoms with Crippen molar-refractivity contribution in [2.24, 2.45) is 0 Å². The Kier molecular flexibility index (Phi) is 1.96. The summed E-state index contributed by atoms with van der Waals surface area (Å²) in [6, 6.07) is 5.19. The first-order valence-electron chi connectivity index (χ1n) is 4.98. The van der Waals surface area contributed by atoms with E-state index < -0.39 is 0 Å². The molecule has 0 saturated heterocycles. The van der Waals surface area contributed by atoms with E-state index in [4.69, 9.17) is 0 Å². The van der Waals surface area contributed by atoms with Gasteiger partial charge >= 0.3 is 0 Å². The summed E-state index contributed by atoms with van der Waals surface area (Å²) in [6.07, 6.45) is 1.06. The van der Waals surface area contributed by atoms with E-state index in [0.717, 1.165) is 23.3 Å². The van der Waals surface area contributed by atoms with Gasteiger partial charge in [-0.25, -0.2) is 9.37 Å². The van der Waals surface area contributed by atoms with E-state index in [1.165, 1.54) is 16.5 Å². The number of nitrogens with zero attached hydrogens (tertiary/aromatic N) is 1. The van der Waals surface area contributed by atoms with Gasteiger partial charge in [0.2, 0.25) is 0 Å². The first kappa shape index (κ1) is 9.16. The minimum Gasteiger partial charge on any atom is -0.250 e. The van der Waals surface area contributed by atoms with Crippen LogP contribution in [0.15, 0.2) is 23.1 Å². The maximum atomic E-state index is 13.6. The monoisotopic (exact) mass is 219 g/mol. The van der Waals surface area contributed by atoms with E-state index >= 15 is 0 Å². The molecule has 0 unspecified atom stereocenters. The minimum absolute atomic E-state index is 0.217. The molecule has 2 aromatic rings. The molecule has 0 bridgehead atoms. The fourth-order valence-corrected chi connectivity index (χ4v) is 3.34. The van der Waals surface area contributed by atoms with E-state index in [9.17, 15) is 4.39 Å². The lowest BCUT2D eigenvalue weighted by Crippen LogP contribution is -1.94. The van der Waals surface area contributed by atoms with Gasteiger partial charge in [0.15, 0.2) is 0 Å². The molecular weight excluding hydrogens is 209 g/mol. The van der Waals surface area contributed by atoms with E-state index in [1.807, 2.05) is 24.8 Å². The number of fused-ring (bicyclic) bond motifs is 3. The predicted octanol–water partition coefficient (Wildman–Crippen LogP) is 3.33.